The summed E-state index contributed by atoms with van der Waals surface area (Å²) in [6.45, 7) is 7.58. The van der Waals surface area contributed by atoms with Crippen molar-refractivity contribution >= 4 is 11.8 Å². The molecule has 0 aromatic rings. The molecule has 0 aromatic heterocycles. The molecule has 2 aliphatic rings. The number of allylic oxidation sites excluding steroid dienone is 3. The van der Waals surface area contributed by atoms with Crippen LogP contribution in [0.25, 0.3) is 0 Å². The lowest BCUT2D eigenvalue weighted by Crippen LogP contribution is -2.38. The average molecular weight is 262 g/mol. The van der Waals surface area contributed by atoms with Crippen LogP contribution in [0, 0.1) is 17.8 Å². The van der Waals surface area contributed by atoms with E-state index in [9.17, 15) is 9.59 Å². The Morgan fingerprint density at radius 1 is 1.26 bits per heavy atom. The molecule has 2 aliphatic carbocycles. The molecule has 19 heavy (non-hydrogen) atoms. The van der Waals surface area contributed by atoms with Crippen LogP contribution in [0.4, 0.5) is 0 Å². The van der Waals surface area contributed by atoms with Crippen LogP contribution in [0.5, 0.6) is 0 Å². The van der Waals surface area contributed by atoms with Crippen molar-refractivity contribution in [3.63, 3.8) is 0 Å². The van der Waals surface area contributed by atoms with Crippen LogP contribution in [0.15, 0.2) is 23.3 Å². The first-order chi connectivity index (χ1) is 8.90. The van der Waals surface area contributed by atoms with Crippen molar-refractivity contribution in [3.8, 4) is 0 Å². The number of ketones is 1. The highest BCUT2D eigenvalue weighted by Crippen LogP contribution is 2.43. The molecule has 3 heteroatoms. The highest BCUT2D eigenvalue weighted by atomic mass is 16.5. The van der Waals surface area contributed by atoms with Gasteiger partial charge in [-0.05, 0) is 38.2 Å². The molecule has 3 nitrogen and oxygen atoms in total. The fraction of sp³-hybridized carbons (Fsp3) is 0.625. The van der Waals surface area contributed by atoms with Crippen LogP contribution in [0.3, 0.4) is 0 Å². The van der Waals surface area contributed by atoms with E-state index < -0.39 is 0 Å². The van der Waals surface area contributed by atoms with Crippen LogP contribution < -0.4 is 0 Å². The van der Waals surface area contributed by atoms with Gasteiger partial charge in [-0.1, -0.05) is 18.6 Å². The Labute approximate surface area is 114 Å². The summed E-state index contributed by atoms with van der Waals surface area (Å²) in [6, 6.07) is 0. The van der Waals surface area contributed by atoms with Gasteiger partial charge in [0.15, 0.2) is 5.78 Å². The number of ether oxygens (including phenoxy) is 1. The third kappa shape index (κ3) is 2.80. The van der Waals surface area contributed by atoms with Gasteiger partial charge in [-0.15, -0.1) is 0 Å². The zero-order valence-corrected chi connectivity index (χ0v) is 12.1. The molecular weight excluding hydrogens is 240 g/mol. The van der Waals surface area contributed by atoms with Crippen molar-refractivity contribution in [1.82, 2.24) is 0 Å². The Morgan fingerprint density at radius 2 is 1.95 bits per heavy atom. The third-order valence-corrected chi connectivity index (χ3v) is 4.23. The predicted octanol–water partition coefficient (Wildman–Crippen LogP) is 3.06. The summed E-state index contributed by atoms with van der Waals surface area (Å²) in [5.41, 5.74) is 2.09. The van der Waals surface area contributed by atoms with Crippen molar-refractivity contribution in [2.75, 3.05) is 0 Å². The number of carbonyl (C=O) groups excluding carboxylic acids is 2. The summed E-state index contributed by atoms with van der Waals surface area (Å²) < 4.78 is 5.28. The van der Waals surface area contributed by atoms with Crippen molar-refractivity contribution < 1.29 is 14.3 Å². The SMILES string of the molecule is CC(=O)OC1C=CC2C(=C(C)C)C(=O)CC(C)C2C1. The summed E-state index contributed by atoms with van der Waals surface area (Å²) in [7, 11) is 0. The number of Topliss-reactive ketones (excluding diaryl/α,β-unsaturated/α-hetero) is 1. The van der Waals surface area contributed by atoms with E-state index in [1.165, 1.54) is 6.92 Å². The summed E-state index contributed by atoms with van der Waals surface area (Å²) in [5, 5.41) is 0. The molecular formula is C16H22O3. The van der Waals surface area contributed by atoms with Gasteiger partial charge in [0.25, 0.3) is 0 Å². The molecule has 0 N–H and O–H groups in total. The highest BCUT2D eigenvalue weighted by molar-refractivity contribution is 5.98. The molecule has 1 fully saturated rings. The van der Waals surface area contributed by atoms with Gasteiger partial charge in [0.2, 0.25) is 0 Å². The van der Waals surface area contributed by atoms with Crippen LogP contribution >= 0.6 is 0 Å². The van der Waals surface area contributed by atoms with E-state index in [1.807, 2.05) is 19.9 Å². The minimum atomic E-state index is -0.241. The van der Waals surface area contributed by atoms with Crippen LogP contribution in [0.2, 0.25) is 0 Å². The standard InChI is InChI=1S/C16H22O3/c1-9(2)16-13-6-5-12(19-11(4)17)8-14(13)10(3)7-15(16)18/h5-6,10,12-14H,7-8H2,1-4H3. The predicted molar refractivity (Wildman–Crippen MR) is 73.5 cm³/mol. The molecule has 0 saturated heterocycles. The molecule has 0 amide bonds. The van der Waals surface area contributed by atoms with Gasteiger partial charge >= 0.3 is 5.97 Å². The molecule has 0 heterocycles. The van der Waals surface area contributed by atoms with Gasteiger partial charge in [0, 0.05) is 24.8 Å². The number of hydrogen-bond donors (Lipinski definition) is 0. The zero-order chi connectivity index (χ0) is 14.2. The first-order valence-corrected chi connectivity index (χ1v) is 6.96. The largest absolute Gasteiger partial charge is 0.458 e. The molecule has 2 rings (SSSR count). The van der Waals surface area contributed by atoms with Crippen LogP contribution in [-0.2, 0) is 14.3 Å². The van der Waals surface area contributed by atoms with E-state index >= 15 is 0 Å². The second-order valence-corrected chi connectivity index (χ2v) is 5.98. The van der Waals surface area contributed by atoms with Gasteiger partial charge in [0.1, 0.15) is 6.10 Å². The summed E-state index contributed by atoms with van der Waals surface area (Å²) in [4.78, 5) is 23.2. The minimum absolute atomic E-state index is 0.132. The van der Waals surface area contributed by atoms with Gasteiger partial charge in [-0.3, -0.25) is 9.59 Å². The highest BCUT2D eigenvalue weighted by Gasteiger charge is 2.40. The summed E-state index contributed by atoms with van der Waals surface area (Å²) >= 11 is 0. The lowest BCUT2D eigenvalue weighted by Gasteiger charge is -2.40. The Bertz CT molecular complexity index is 455. The molecule has 0 aromatic carbocycles. The van der Waals surface area contributed by atoms with Gasteiger partial charge < -0.3 is 4.74 Å². The maximum absolute atomic E-state index is 12.2. The molecule has 0 bridgehead atoms. The molecule has 4 atom stereocenters. The number of esters is 1. The van der Waals surface area contributed by atoms with Crippen LogP contribution in [0.1, 0.15) is 40.5 Å². The Balaban J connectivity index is 2.28. The first kappa shape index (κ1) is 14.0. The zero-order valence-electron chi connectivity index (χ0n) is 12.1. The number of fused-ring (bicyclic) bond motifs is 1. The van der Waals surface area contributed by atoms with Crippen molar-refractivity contribution in [3.05, 3.63) is 23.3 Å². The summed E-state index contributed by atoms with van der Waals surface area (Å²) in [6.07, 6.45) is 5.32. The lowest BCUT2D eigenvalue weighted by atomic mass is 9.64. The Morgan fingerprint density at radius 3 is 2.53 bits per heavy atom. The van der Waals surface area contributed by atoms with E-state index in [4.69, 9.17) is 4.74 Å². The van der Waals surface area contributed by atoms with Gasteiger partial charge in [-0.2, -0.15) is 0 Å². The molecule has 4 unspecified atom stereocenters. The fourth-order valence-electron chi connectivity index (χ4n) is 3.43. The number of carbonyl (C=O) groups is 2. The smallest absolute Gasteiger partial charge is 0.303 e. The second-order valence-electron chi connectivity index (χ2n) is 5.98. The number of rotatable bonds is 1. The topological polar surface area (TPSA) is 43.4 Å². The lowest BCUT2D eigenvalue weighted by molar-refractivity contribution is -0.145. The maximum atomic E-state index is 12.2. The maximum Gasteiger partial charge on any atom is 0.303 e. The van der Waals surface area contributed by atoms with Crippen LogP contribution in [-0.4, -0.2) is 17.9 Å². The minimum Gasteiger partial charge on any atom is -0.458 e. The normalized spacial score (nSPS) is 33.9. The van der Waals surface area contributed by atoms with E-state index in [0.717, 1.165) is 17.6 Å². The molecule has 0 radical (unpaired) electrons. The van der Waals surface area contributed by atoms with Gasteiger partial charge in [0.05, 0.1) is 0 Å². The third-order valence-electron chi connectivity index (χ3n) is 4.23. The Kier molecular flexibility index (Phi) is 3.93. The molecule has 0 aliphatic heterocycles. The van der Waals surface area contributed by atoms with E-state index in [0.29, 0.717) is 18.3 Å². The fourth-order valence-corrected chi connectivity index (χ4v) is 3.43. The van der Waals surface area contributed by atoms with E-state index in [-0.39, 0.29) is 23.8 Å². The quantitative estimate of drug-likeness (QED) is 0.414. The monoisotopic (exact) mass is 262 g/mol. The molecule has 0 spiro atoms. The summed E-state index contributed by atoms with van der Waals surface area (Å²) in [5.74, 6) is 0.994. The van der Waals surface area contributed by atoms with Crippen molar-refractivity contribution in [2.45, 2.75) is 46.6 Å². The van der Waals surface area contributed by atoms with E-state index in [1.54, 1.807) is 0 Å². The molecule has 104 valence electrons. The van der Waals surface area contributed by atoms with E-state index in [2.05, 4.69) is 13.0 Å². The van der Waals surface area contributed by atoms with Crippen molar-refractivity contribution in [1.29, 1.82) is 0 Å². The van der Waals surface area contributed by atoms with Crippen molar-refractivity contribution in [2.24, 2.45) is 17.8 Å². The first-order valence-electron chi connectivity index (χ1n) is 6.96. The average Bonchev–Trinajstić information content (AvgIpc) is 2.28. The second kappa shape index (κ2) is 5.32. The van der Waals surface area contributed by atoms with Gasteiger partial charge in [-0.25, -0.2) is 0 Å². The number of hydrogen-bond acceptors (Lipinski definition) is 3. The Hall–Kier alpha value is -1.38. The molecule has 1 saturated carbocycles.